The molecular weight excluding hydrogens is 284 g/mol. The van der Waals surface area contributed by atoms with Crippen LogP contribution in [0.3, 0.4) is 0 Å². The molecule has 21 heavy (non-hydrogen) atoms. The van der Waals surface area contributed by atoms with Crippen molar-refractivity contribution in [1.29, 1.82) is 5.41 Å². The lowest BCUT2D eigenvalue weighted by atomic mass is 9.94. The number of nitrogens with one attached hydrogen (secondary N) is 1. The highest BCUT2D eigenvalue weighted by atomic mass is 32.1. The van der Waals surface area contributed by atoms with Crippen molar-refractivity contribution in [3.63, 3.8) is 0 Å². The van der Waals surface area contributed by atoms with Gasteiger partial charge in [0, 0.05) is 22.7 Å². The molecule has 2 unspecified atom stereocenters. The van der Waals surface area contributed by atoms with Gasteiger partial charge in [-0.05, 0) is 50.2 Å². The molecule has 0 aromatic carbocycles. The molecule has 1 saturated heterocycles. The van der Waals surface area contributed by atoms with Crippen LogP contribution in [0.5, 0.6) is 0 Å². The summed E-state index contributed by atoms with van der Waals surface area (Å²) < 4.78 is 5.89. The number of likely N-dealkylation sites (tertiary alicyclic amines) is 1. The van der Waals surface area contributed by atoms with Crippen LogP contribution in [0.4, 0.5) is 0 Å². The van der Waals surface area contributed by atoms with Crippen LogP contribution in [0.2, 0.25) is 0 Å². The molecule has 1 aliphatic carbocycles. The maximum absolute atomic E-state index is 10.2. The fourth-order valence-corrected chi connectivity index (χ4v) is 4.15. The normalized spacial score (nSPS) is 24.8. The molecule has 3 rings (SSSR count). The third-order valence-electron chi connectivity index (χ3n) is 4.37. The second kappa shape index (κ2) is 7.01. The molecule has 0 amide bonds. The smallest absolute Gasteiger partial charge is 0.121 e. The highest BCUT2D eigenvalue weighted by Crippen LogP contribution is 2.33. The molecule has 0 saturated carbocycles. The molecule has 4 nitrogen and oxygen atoms in total. The molecule has 1 fully saturated rings. The van der Waals surface area contributed by atoms with Gasteiger partial charge < -0.3 is 20.2 Å². The quantitative estimate of drug-likeness (QED) is 0.879. The molecular formula is C16H24N2O2S. The molecule has 5 heteroatoms. The number of ether oxygens (including phenoxy) is 1. The average Bonchev–Trinajstić information content (AvgIpc) is 2.96. The van der Waals surface area contributed by atoms with E-state index >= 15 is 0 Å². The minimum Gasteiger partial charge on any atom is -0.389 e. The molecule has 1 aromatic rings. The lowest BCUT2D eigenvalue weighted by Gasteiger charge is -2.30. The number of aliphatic hydroxyl groups is 1. The number of aryl methyl sites for hydroxylation is 1. The van der Waals surface area contributed by atoms with Gasteiger partial charge in [-0.15, -0.1) is 11.3 Å². The minimum absolute atomic E-state index is 0.240. The molecule has 0 radical (unpaired) electrons. The maximum Gasteiger partial charge on any atom is 0.121 e. The number of β-amino-alcohol motifs (C(OH)–C–C–N with tert-alkyl or cyclic N) is 1. The summed E-state index contributed by atoms with van der Waals surface area (Å²) >= 11 is 1.75. The van der Waals surface area contributed by atoms with Crippen LogP contribution in [0.15, 0.2) is 11.4 Å². The Labute approximate surface area is 130 Å². The molecule has 2 atom stereocenters. The summed E-state index contributed by atoms with van der Waals surface area (Å²) in [6, 6.07) is 2.06. The summed E-state index contributed by atoms with van der Waals surface area (Å²) in [6.45, 7) is 3.19. The highest BCUT2D eigenvalue weighted by molar-refractivity contribution is 7.10. The number of hydrogen-bond donors (Lipinski definition) is 2. The van der Waals surface area contributed by atoms with Crippen LogP contribution in [-0.4, -0.2) is 48.1 Å². The van der Waals surface area contributed by atoms with Gasteiger partial charge in [0.2, 0.25) is 0 Å². The maximum atomic E-state index is 10.2. The zero-order valence-electron chi connectivity index (χ0n) is 12.4. The summed E-state index contributed by atoms with van der Waals surface area (Å²) in [5, 5.41) is 20.4. The van der Waals surface area contributed by atoms with Crippen LogP contribution in [-0.2, 0) is 11.2 Å². The molecule has 1 aliphatic heterocycles. The minimum atomic E-state index is -0.458. The first-order valence-corrected chi connectivity index (χ1v) is 8.77. The van der Waals surface area contributed by atoms with Crippen molar-refractivity contribution >= 4 is 17.0 Å². The van der Waals surface area contributed by atoms with Gasteiger partial charge in [0.05, 0.1) is 12.7 Å². The Morgan fingerprint density at radius 1 is 1.33 bits per heavy atom. The van der Waals surface area contributed by atoms with Gasteiger partial charge in [0.15, 0.2) is 0 Å². The van der Waals surface area contributed by atoms with Crippen LogP contribution in [0.1, 0.15) is 42.2 Å². The highest BCUT2D eigenvalue weighted by Gasteiger charge is 2.27. The summed E-state index contributed by atoms with van der Waals surface area (Å²) in [4.78, 5) is 3.65. The molecule has 2 heterocycles. The van der Waals surface area contributed by atoms with Crippen molar-refractivity contribution in [2.45, 2.75) is 44.3 Å². The molecule has 0 spiro atoms. The largest absolute Gasteiger partial charge is 0.389 e. The van der Waals surface area contributed by atoms with E-state index in [2.05, 4.69) is 16.3 Å². The Morgan fingerprint density at radius 2 is 2.14 bits per heavy atom. The van der Waals surface area contributed by atoms with E-state index < -0.39 is 6.10 Å². The van der Waals surface area contributed by atoms with E-state index in [1.165, 1.54) is 24.1 Å². The van der Waals surface area contributed by atoms with Gasteiger partial charge in [-0.25, -0.2) is 0 Å². The van der Waals surface area contributed by atoms with Gasteiger partial charge in [-0.2, -0.15) is 0 Å². The Balaban J connectivity index is 1.51. The third-order valence-corrected chi connectivity index (χ3v) is 5.37. The standard InChI is InChI=1S/C16H24N2O2S/c17-14-4-5-15-13(6-9-21-15)16(14)20-11-12(19)10-18-7-2-1-3-8-18/h6,9,12,16-17,19H,1-5,7-8,10-11H2. The van der Waals surface area contributed by atoms with Crippen molar-refractivity contribution in [2.75, 3.05) is 26.2 Å². The van der Waals surface area contributed by atoms with E-state index in [0.717, 1.165) is 31.5 Å². The first-order valence-electron chi connectivity index (χ1n) is 7.89. The third kappa shape index (κ3) is 3.72. The van der Waals surface area contributed by atoms with Gasteiger partial charge >= 0.3 is 0 Å². The van der Waals surface area contributed by atoms with E-state index in [0.29, 0.717) is 18.9 Å². The summed E-state index contributed by atoms with van der Waals surface area (Å²) in [5.41, 5.74) is 1.78. The summed E-state index contributed by atoms with van der Waals surface area (Å²) in [5.74, 6) is 0. The van der Waals surface area contributed by atoms with E-state index in [1.807, 2.05) is 0 Å². The number of piperidine rings is 1. The molecule has 0 bridgehead atoms. The number of thiophene rings is 1. The second-order valence-corrected chi connectivity index (χ2v) is 7.05. The van der Waals surface area contributed by atoms with Crippen LogP contribution in [0.25, 0.3) is 0 Å². The monoisotopic (exact) mass is 308 g/mol. The number of rotatable bonds is 5. The van der Waals surface area contributed by atoms with Gasteiger partial charge in [-0.1, -0.05) is 6.42 Å². The zero-order valence-corrected chi connectivity index (χ0v) is 13.2. The van der Waals surface area contributed by atoms with Crippen molar-refractivity contribution in [1.82, 2.24) is 4.90 Å². The molecule has 2 N–H and O–H groups in total. The second-order valence-electron chi connectivity index (χ2n) is 6.05. The van der Waals surface area contributed by atoms with Crippen molar-refractivity contribution in [3.8, 4) is 0 Å². The Bertz CT molecular complexity index is 482. The van der Waals surface area contributed by atoms with Crippen molar-refractivity contribution < 1.29 is 9.84 Å². The number of hydrogen-bond acceptors (Lipinski definition) is 5. The first-order chi connectivity index (χ1) is 10.2. The van der Waals surface area contributed by atoms with Crippen LogP contribution in [0, 0.1) is 5.41 Å². The van der Waals surface area contributed by atoms with Gasteiger partial charge in [-0.3, -0.25) is 0 Å². The van der Waals surface area contributed by atoms with Crippen molar-refractivity contribution in [3.05, 3.63) is 21.9 Å². The number of nitrogens with zero attached hydrogens (tertiary/aromatic N) is 1. The first kappa shape index (κ1) is 15.2. The summed E-state index contributed by atoms with van der Waals surface area (Å²) in [6.07, 6.45) is 4.82. The van der Waals surface area contributed by atoms with Crippen LogP contribution < -0.4 is 0 Å². The lowest BCUT2D eigenvalue weighted by Crippen LogP contribution is -2.38. The lowest BCUT2D eigenvalue weighted by molar-refractivity contribution is -0.00375. The predicted molar refractivity (Wildman–Crippen MR) is 85.4 cm³/mol. The fraction of sp³-hybridized carbons (Fsp3) is 0.688. The number of fused-ring (bicyclic) bond motifs is 1. The van der Waals surface area contributed by atoms with E-state index in [1.54, 1.807) is 11.3 Å². The van der Waals surface area contributed by atoms with E-state index in [9.17, 15) is 5.11 Å². The fourth-order valence-electron chi connectivity index (χ4n) is 3.24. The molecule has 116 valence electrons. The van der Waals surface area contributed by atoms with Crippen LogP contribution >= 0.6 is 11.3 Å². The molecule has 1 aromatic heterocycles. The van der Waals surface area contributed by atoms with Gasteiger partial charge in [0.1, 0.15) is 6.10 Å². The van der Waals surface area contributed by atoms with E-state index in [4.69, 9.17) is 10.1 Å². The SMILES string of the molecule is N=C1CCc2sccc2C1OCC(O)CN1CCCCC1. The van der Waals surface area contributed by atoms with E-state index in [-0.39, 0.29) is 6.10 Å². The summed E-state index contributed by atoms with van der Waals surface area (Å²) in [7, 11) is 0. The van der Waals surface area contributed by atoms with Crippen molar-refractivity contribution in [2.24, 2.45) is 0 Å². The number of aliphatic hydroxyl groups excluding tert-OH is 1. The molecule has 2 aliphatic rings. The zero-order chi connectivity index (χ0) is 14.7. The Morgan fingerprint density at radius 3 is 2.95 bits per heavy atom. The predicted octanol–water partition coefficient (Wildman–Crippen LogP) is 2.62. The van der Waals surface area contributed by atoms with Gasteiger partial charge in [0.25, 0.3) is 0 Å². The Kier molecular flexibility index (Phi) is 5.06. The Hall–Kier alpha value is -0.750. The average molecular weight is 308 g/mol. The topological polar surface area (TPSA) is 56.6 Å².